The summed E-state index contributed by atoms with van der Waals surface area (Å²) in [5.41, 5.74) is 0. The van der Waals surface area contributed by atoms with E-state index in [1.54, 1.807) is 0 Å². The molecule has 0 unspecified atom stereocenters. The fourth-order valence-corrected chi connectivity index (χ4v) is 0. The average molecular weight is 107 g/mol. The maximum absolute atomic E-state index is 10.3. The summed E-state index contributed by atoms with van der Waals surface area (Å²) in [6.07, 6.45) is -4.89. The van der Waals surface area contributed by atoms with Crippen LogP contribution in [-0.4, -0.2) is 25.2 Å². The van der Waals surface area contributed by atoms with Crippen LogP contribution in [-0.2, 0) is 0 Å². The molecule has 0 rings (SSSR count). The Morgan fingerprint density at radius 3 is 1.43 bits per heavy atom. The first kappa shape index (κ1) is 10.1. The van der Waals surface area contributed by atoms with Gasteiger partial charge >= 0.3 is 25.2 Å². The monoisotopic (exact) mass is 107 g/mol. The molecule has 0 aromatic rings. The van der Waals surface area contributed by atoms with E-state index in [1.807, 2.05) is 0 Å². The molecule has 2 nitrogen and oxygen atoms in total. The number of nitrogens with zero attached hydrogens (tertiary/aromatic N) is 1. The predicted octanol–water partition coefficient (Wildman–Crippen LogP) is 0.624. The molecule has 0 saturated carbocycles. The van der Waals surface area contributed by atoms with E-state index in [0.717, 1.165) is 5.18 Å². The number of rotatable bonds is 0. The summed E-state index contributed by atoms with van der Waals surface area (Å²) in [5.74, 6) is 0. The van der Waals surface area contributed by atoms with Crippen LogP contribution >= 0.6 is 0 Å². The molecule has 0 atom stereocenters. The molecular formula is CHF3LiNO. The Morgan fingerprint density at radius 2 is 1.43 bits per heavy atom. The minimum atomic E-state index is -4.89. The molecule has 0 N–H and O–H groups in total. The van der Waals surface area contributed by atoms with Crippen LogP contribution in [0.2, 0.25) is 0 Å². The summed E-state index contributed by atoms with van der Waals surface area (Å²) in [5, 5.41) is 0.771. The van der Waals surface area contributed by atoms with Crippen LogP contribution in [0.25, 0.3) is 0 Å². The number of hydrogen-bond acceptors (Lipinski definition) is 2. The third-order valence-corrected chi connectivity index (χ3v) is 0.104. The van der Waals surface area contributed by atoms with Gasteiger partial charge in [-0.3, -0.25) is 0 Å². The van der Waals surface area contributed by atoms with Crippen molar-refractivity contribution in [1.29, 1.82) is 0 Å². The molecule has 0 spiro atoms. The van der Waals surface area contributed by atoms with E-state index < -0.39 is 6.30 Å². The second kappa shape index (κ2) is 3.05. The van der Waals surface area contributed by atoms with Crippen LogP contribution in [0.15, 0.2) is 5.18 Å². The third kappa shape index (κ3) is 10.7. The van der Waals surface area contributed by atoms with Crippen molar-refractivity contribution >= 4 is 18.9 Å². The van der Waals surface area contributed by atoms with Crippen molar-refractivity contribution in [3.63, 3.8) is 0 Å². The van der Waals surface area contributed by atoms with Gasteiger partial charge in [-0.2, -0.15) is 0 Å². The van der Waals surface area contributed by atoms with Crippen LogP contribution < -0.4 is 0 Å². The molecule has 0 fully saturated rings. The summed E-state index contributed by atoms with van der Waals surface area (Å²) in [6, 6.07) is 0. The Bertz CT molecular complexity index is 60.4. The van der Waals surface area contributed by atoms with E-state index in [1.165, 1.54) is 0 Å². The minimum absolute atomic E-state index is 0. The van der Waals surface area contributed by atoms with Gasteiger partial charge in [0.25, 0.3) is 0 Å². The number of halogens is 3. The molecule has 0 bridgehead atoms. The van der Waals surface area contributed by atoms with Gasteiger partial charge < -0.3 is 0 Å². The molecule has 0 heterocycles. The van der Waals surface area contributed by atoms with Crippen molar-refractivity contribution in [3.05, 3.63) is 4.91 Å². The molecule has 0 aliphatic carbocycles. The summed E-state index contributed by atoms with van der Waals surface area (Å²) in [6.45, 7) is 0. The van der Waals surface area contributed by atoms with Crippen molar-refractivity contribution in [1.82, 2.24) is 0 Å². The zero-order valence-electron chi connectivity index (χ0n) is 2.49. The number of nitroso groups, excluding NO2 is 1. The molecule has 0 aliphatic rings. The summed E-state index contributed by atoms with van der Waals surface area (Å²) in [7, 11) is 0. The summed E-state index contributed by atoms with van der Waals surface area (Å²) in [4.78, 5) is 8.45. The van der Waals surface area contributed by atoms with Gasteiger partial charge in [-0.25, -0.2) is 0 Å². The van der Waals surface area contributed by atoms with Gasteiger partial charge in [0.15, 0.2) is 0 Å². The van der Waals surface area contributed by atoms with Gasteiger partial charge in [0.05, 0.1) is 0 Å². The Kier molecular flexibility index (Phi) is 4.39. The summed E-state index contributed by atoms with van der Waals surface area (Å²) >= 11 is 0. The van der Waals surface area contributed by atoms with Gasteiger partial charge in [-0.05, 0) is 0 Å². The molecule has 0 aromatic heterocycles. The van der Waals surface area contributed by atoms with Crippen LogP contribution in [0.5, 0.6) is 0 Å². The Balaban J connectivity index is 0. The number of alkyl halides is 3. The summed E-state index contributed by atoms with van der Waals surface area (Å²) < 4.78 is 30.9. The second-order valence-corrected chi connectivity index (χ2v) is 0.559. The predicted molar refractivity (Wildman–Crippen MR) is 19.0 cm³/mol. The van der Waals surface area contributed by atoms with Crippen molar-refractivity contribution < 1.29 is 13.2 Å². The van der Waals surface area contributed by atoms with Crippen molar-refractivity contribution in [2.75, 3.05) is 0 Å². The zero-order valence-corrected chi connectivity index (χ0v) is 2.49. The van der Waals surface area contributed by atoms with Gasteiger partial charge in [0.1, 0.15) is 0 Å². The average Bonchev–Trinajstić information content (AvgIpc) is 1.35. The first-order valence-electron chi connectivity index (χ1n) is 0.973. The van der Waals surface area contributed by atoms with Crippen molar-refractivity contribution in [3.8, 4) is 0 Å². The SMILES string of the molecule is O=NC(F)(F)F.[LiH]. The van der Waals surface area contributed by atoms with Crippen molar-refractivity contribution in [2.24, 2.45) is 5.18 Å². The fraction of sp³-hybridized carbons (Fsp3) is 1.00. The Hall–Kier alpha value is -0.0126. The van der Waals surface area contributed by atoms with Gasteiger partial charge in [0.2, 0.25) is 0 Å². The molecule has 0 radical (unpaired) electrons. The van der Waals surface area contributed by atoms with E-state index in [0.29, 0.717) is 0 Å². The van der Waals surface area contributed by atoms with Crippen LogP contribution in [0.1, 0.15) is 0 Å². The topological polar surface area (TPSA) is 29.4 Å². The second-order valence-electron chi connectivity index (χ2n) is 0.559. The molecule has 0 saturated heterocycles. The van der Waals surface area contributed by atoms with Crippen LogP contribution in [0.3, 0.4) is 0 Å². The van der Waals surface area contributed by atoms with E-state index in [4.69, 9.17) is 4.91 Å². The molecule has 0 aliphatic heterocycles. The van der Waals surface area contributed by atoms with Gasteiger partial charge in [-0.15, -0.1) is 18.1 Å². The van der Waals surface area contributed by atoms with Crippen molar-refractivity contribution in [2.45, 2.75) is 6.30 Å². The third-order valence-electron chi connectivity index (χ3n) is 0.104. The van der Waals surface area contributed by atoms with Gasteiger partial charge in [0, 0.05) is 5.18 Å². The first-order valence-corrected chi connectivity index (χ1v) is 0.973. The molecule has 6 heteroatoms. The molecule has 0 aromatic carbocycles. The first-order chi connectivity index (χ1) is 2.56. The number of hydrogen-bond donors (Lipinski definition) is 0. The van der Waals surface area contributed by atoms with E-state index >= 15 is 0 Å². The van der Waals surface area contributed by atoms with Gasteiger partial charge in [-0.1, -0.05) is 0 Å². The molecule has 0 amide bonds. The maximum atomic E-state index is 10.3. The fourth-order valence-electron chi connectivity index (χ4n) is 0. The quantitative estimate of drug-likeness (QED) is 0.253. The Morgan fingerprint density at radius 1 is 1.29 bits per heavy atom. The van der Waals surface area contributed by atoms with E-state index in [-0.39, 0.29) is 18.9 Å². The normalized spacial score (nSPS) is 9.57. The Labute approximate surface area is 49.2 Å². The standard InChI is InChI=1S/CF3NO.Li.H/c2-1(3,4)5-6;;. The van der Waals surface area contributed by atoms with Crippen LogP contribution in [0.4, 0.5) is 13.2 Å². The van der Waals surface area contributed by atoms with Crippen LogP contribution in [0, 0.1) is 4.91 Å². The van der Waals surface area contributed by atoms with E-state index in [9.17, 15) is 13.2 Å². The molecular weight excluding hydrogens is 106 g/mol. The van der Waals surface area contributed by atoms with E-state index in [2.05, 4.69) is 0 Å². The molecule has 7 heavy (non-hydrogen) atoms. The molecule has 38 valence electrons. The zero-order chi connectivity index (χ0) is 5.21.